The van der Waals surface area contributed by atoms with Crippen LogP contribution in [0.5, 0.6) is 5.75 Å². The maximum absolute atomic E-state index is 5.98. The van der Waals surface area contributed by atoms with Crippen molar-refractivity contribution >= 4 is 27.5 Å². The molecule has 0 spiro atoms. The lowest BCUT2D eigenvalue weighted by Gasteiger charge is -2.06. The van der Waals surface area contributed by atoms with Crippen LogP contribution in [0.4, 0.5) is 5.69 Å². The lowest BCUT2D eigenvalue weighted by Crippen LogP contribution is -2.12. The fraction of sp³-hybridized carbons (Fsp3) is 0.0714. The molecule has 0 bridgehead atoms. The van der Waals surface area contributed by atoms with Crippen LogP contribution in [0.3, 0.4) is 0 Å². The Morgan fingerprint density at radius 2 is 1.89 bits per heavy atom. The molecule has 3 nitrogen and oxygen atoms in total. The maximum atomic E-state index is 5.98. The number of ether oxygens (including phenoxy) is 1. The largest absolute Gasteiger partial charge is 0.494 e. The van der Waals surface area contributed by atoms with Crippen LogP contribution in [0.15, 0.2) is 58.0 Å². The molecular weight excluding hydrogens is 292 g/mol. The van der Waals surface area contributed by atoms with Crippen LogP contribution in [0, 0.1) is 0 Å². The van der Waals surface area contributed by atoms with Gasteiger partial charge < -0.3 is 10.5 Å². The molecule has 2 aromatic rings. The molecule has 2 N–H and O–H groups in total. The maximum Gasteiger partial charge on any atom is 0.144 e. The molecule has 92 valence electrons. The summed E-state index contributed by atoms with van der Waals surface area (Å²) in [7, 11) is 1.61. The van der Waals surface area contributed by atoms with E-state index in [1.165, 1.54) is 0 Å². The summed E-state index contributed by atoms with van der Waals surface area (Å²) >= 11 is 3.41. The van der Waals surface area contributed by atoms with Crippen molar-refractivity contribution < 1.29 is 4.74 Å². The van der Waals surface area contributed by atoms with Crippen LogP contribution in [0.1, 0.15) is 5.56 Å². The van der Waals surface area contributed by atoms with Crippen LogP contribution in [-0.4, -0.2) is 12.9 Å². The van der Waals surface area contributed by atoms with E-state index in [2.05, 4.69) is 20.9 Å². The van der Waals surface area contributed by atoms with Crippen molar-refractivity contribution in [2.45, 2.75) is 0 Å². The van der Waals surface area contributed by atoms with E-state index in [-0.39, 0.29) is 0 Å². The second kappa shape index (κ2) is 5.69. The highest BCUT2D eigenvalue weighted by Gasteiger charge is 2.04. The summed E-state index contributed by atoms with van der Waals surface area (Å²) < 4.78 is 6.19. The Bertz CT molecular complexity index is 567. The van der Waals surface area contributed by atoms with Gasteiger partial charge in [0.25, 0.3) is 0 Å². The molecule has 2 aromatic carbocycles. The Morgan fingerprint density at radius 3 is 2.56 bits per heavy atom. The molecule has 0 atom stereocenters. The lowest BCUT2D eigenvalue weighted by atomic mass is 10.2. The van der Waals surface area contributed by atoms with Gasteiger partial charge in [0, 0.05) is 10.0 Å². The zero-order valence-electron chi connectivity index (χ0n) is 9.93. The topological polar surface area (TPSA) is 47.6 Å². The van der Waals surface area contributed by atoms with Gasteiger partial charge in [-0.25, -0.2) is 4.99 Å². The van der Waals surface area contributed by atoms with Crippen LogP contribution in [0.25, 0.3) is 0 Å². The molecule has 0 fully saturated rings. The van der Waals surface area contributed by atoms with Crippen LogP contribution in [0.2, 0.25) is 0 Å². The van der Waals surface area contributed by atoms with E-state index in [0.717, 1.165) is 10.0 Å². The minimum atomic E-state index is 0.465. The third-order valence-electron chi connectivity index (χ3n) is 2.45. The van der Waals surface area contributed by atoms with Gasteiger partial charge in [0.2, 0.25) is 0 Å². The lowest BCUT2D eigenvalue weighted by molar-refractivity contribution is 0.416. The quantitative estimate of drug-likeness (QED) is 0.697. The summed E-state index contributed by atoms with van der Waals surface area (Å²) in [5, 5.41) is 0. The first-order valence-electron chi connectivity index (χ1n) is 5.44. The second-order valence-electron chi connectivity index (χ2n) is 3.68. The van der Waals surface area contributed by atoms with Crippen LogP contribution in [-0.2, 0) is 0 Å². The highest BCUT2D eigenvalue weighted by Crippen LogP contribution is 2.30. The van der Waals surface area contributed by atoms with Crippen molar-refractivity contribution in [3.8, 4) is 5.75 Å². The van der Waals surface area contributed by atoms with Gasteiger partial charge in [-0.3, -0.25) is 0 Å². The molecule has 0 heterocycles. The van der Waals surface area contributed by atoms with E-state index in [1.807, 2.05) is 48.5 Å². The molecule has 0 amide bonds. The molecule has 0 aliphatic rings. The molecule has 0 saturated heterocycles. The predicted molar refractivity (Wildman–Crippen MR) is 77.5 cm³/mol. The number of nitrogens with zero attached hydrogens (tertiary/aromatic N) is 1. The Kier molecular flexibility index (Phi) is 3.99. The minimum Gasteiger partial charge on any atom is -0.494 e. The predicted octanol–water partition coefficient (Wildman–Crippen LogP) is 3.49. The second-order valence-corrected chi connectivity index (χ2v) is 4.59. The molecule has 0 saturated carbocycles. The third-order valence-corrected chi connectivity index (χ3v) is 2.94. The fourth-order valence-corrected chi connectivity index (χ4v) is 1.90. The smallest absolute Gasteiger partial charge is 0.144 e. The Hall–Kier alpha value is -1.81. The van der Waals surface area contributed by atoms with E-state index in [1.54, 1.807) is 7.11 Å². The van der Waals surface area contributed by atoms with Gasteiger partial charge >= 0.3 is 0 Å². The van der Waals surface area contributed by atoms with E-state index < -0.39 is 0 Å². The average Bonchev–Trinajstić information content (AvgIpc) is 2.40. The van der Waals surface area contributed by atoms with Gasteiger partial charge in [0.15, 0.2) is 0 Å². The number of benzene rings is 2. The summed E-state index contributed by atoms with van der Waals surface area (Å²) in [6.07, 6.45) is 0. The first-order chi connectivity index (χ1) is 8.70. The van der Waals surface area contributed by atoms with Gasteiger partial charge in [-0.05, 0) is 18.2 Å². The number of halogens is 1. The monoisotopic (exact) mass is 304 g/mol. The van der Waals surface area contributed by atoms with Gasteiger partial charge in [-0.15, -0.1) is 0 Å². The molecule has 0 aromatic heterocycles. The zero-order valence-corrected chi connectivity index (χ0v) is 11.5. The molecule has 18 heavy (non-hydrogen) atoms. The highest BCUT2D eigenvalue weighted by atomic mass is 79.9. The summed E-state index contributed by atoms with van der Waals surface area (Å²) in [6, 6.07) is 15.3. The molecule has 4 heteroatoms. The molecule has 2 rings (SSSR count). The fourth-order valence-electron chi connectivity index (χ4n) is 1.55. The molecular formula is C14H13BrN2O. The van der Waals surface area contributed by atoms with Gasteiger partial charge in [0.1, 0.15) is 17.3 Å². The molecule has 0 radical (unpaired) electrons. The normalized spacial score (nSPS) is 11.3. The summed E-state index contributed by atoms with van der Waals surface area (Å²) in [5.41, 5.74) is 7.57. The van der Waals surface area contributed by atoms with Crippen LogP contribution < -0.4 is 10.5 Å². The number of nitrogens with two attached hydrogens (primary N) is 1. The van der Waals surface area contributed by atoms with Crippen molar-refractivity contribution in [1.29, 1.82) is 0 Å². The Morgan fingerprint density at radius 1 is 1.17 bits per heavy atom. The highest BCUT2D eigenvalue weighted by molar-refractivity contribution is 9.10. The number of rotatable bonds is 3. The van der Waals surface area contributed by atoms with Crippen molar-refractivity contribution in [2.24, 2.45) is 10.7 Å². The SMILES string of the molecule is COc1ccc(Br)cc1N=C(N)c1ccccc1. The van der Waals surface area contributed by atoms with E-state index in [9.17, 15) is 0 Å². The van der Waals surface area contributed by atoms with E-state index in [4.69, 9.17) is 10.5 Å². The first kappa shape index (κ1) is 12.6. The molecule has 0 unspecified atom stereocenters. The van der Waals surface area contributed by atoms with Gasteiger partial charge in [0.05, 0.1) is 7.11 Å². The van der Waals surface area contributed by atoms with Crippen molar-refractivity contribution in [3.63, 3.8) is 0 Å². The standard InChI is InChI=1S/C14H13BrN2O/c1-18-13-8-7-11(15)9-12(13)17-14(16)10-5-3-2-4-6-10/h2-9H,1H3,(H2,16,17). The van der Waals surface area contributed by atoms with Crippen molar-refractivity contribution in [3.05, 3.63) is 58.6 Å². The van der Waals surface area contributed by atoms with Gasteiger partial charge in [-0.2, -0.15) is 0 Å². The first-order valence-corrected chi connectivity index (χ1v) is 6.23. The number of hydrogen-bond acceptors (Lipinski definition) is 2. The van der Waals surface area contributed by atoms with E-state index >= 15 is 0 Å². The van der Waals surface area contributed by atoms with Gasteiger partial charge in [-0.1, -0.05) is 46.3 Å². The number of aliphatic imine (C=N–C) groups is 1. The summed E-state index contributed by atoms with van der Waals surface area (Å²) in [6.45, 7) is 0. The third kappa shape index (κ3) is 2.90. The Balaban J connectivity index is 2.41. The number of hydrogen-bond donors (Lipinski definition) is 1. The van der Waals surface area contributed by atoms with E-state index in [0.29, 0.717) is 17.3 Å². The summed E-state index contributed by atoms with van der Waals surface area (Å²) in [5.74, 6) is 1.16. The Labute approximate surface area is 114 Å². The zero-order chi connectivity index (χ0) is 13.0. The molecule has 0 aliphatic carbocycles. The summed E-state index contributed by atoms with van der Waals surface area (Å²) in [4.78, 5) is 4.40. The number of methoxy groups -OCH3 is 1. The molecule has 0 aliphatic heterocycles. The number of amidine groups is 1. The van der Waals surface area contributed by atoms with Crippen LogP contribution >= 0.6 is 15.9 Å². The minimum absolute atomic E-state index is 0.465. The van der Waals surface area contributed by atoms with Crippen molar-refractivity contribution in [1.82, 2.24) is 0 Å². The average molecular weight is 305 g/mol. The van der Waals surface area contributed by atoms with Crippen molar-refractivity contribution in [2.75, 3.05) is 7.11 Å².